The van der Waals surface area contributed by atoms with Gasteiger partial charge in [-0.05, 0) is 29.9 Å². The summed E-state index contributed by atoms with van der Waals surface area (Å²) in [5.41, 5.74) is 1.88. The van der Waals surface area contributed by atoms with Crippen LogP contribution in [0.1, 0.15) is 51.2 Å². The van der Waals surface area contributed by atoms with E-state index in [2.05, 4.69) is 16.0 Å². The van der Waals surface area contributed by atoms with Gasteiger partial charge in [-0.15, -0.1) is 0 Å². The van der Waals surface area contributed by atoms with Gasteiger partial charge in [0.2, 0.25) is 11.8 Å². The van der Waals surface area contributed by atoms with Gasteiger partial charge in [-0.3, -0.25) is 9.59 Å². The zero-order valence-electron chi connectivity index (χ0n) is 19.7. The lowest BCUT2D eigenvalue weighted by Gasteiger charge is -2.22. The van der Waals surface area contributed by atoms with Crippen LogP contribution in [0.2, 0.25) is 0 Å². The molecule has 2 aromatic rings. The number of alkyl carbamates (subject to hydrolysis) is 1. The first-order valence-electron chi connectivity index (χ1n) is 11.5. The fraction of sp³-hybridized carbons (Fsp3) is 0.423. The maximum Gasteiger partial charge on any atom is 0.407 e. The van der Waals surface area contributed by atoms with Crippen LogP contribution in [0, 0.1) is 5.92 Å². The minimum atomic E-state index is -0.633. The highest BCUT2D eigenvalue weighted by atomic mass is 16.5. The minimum Gasteiger partial charge on any atom is -0.445 e. The molecule has 2 unspecified atom stereocenters. The highest BCUT2D eigenvalue weighted by molar-refractivity contribution is 5.87. The van der Waals surface area contributed by atoms with Crippen molar-refractivity contribution in [3.63, 3.8) is 0 Å². The molecule has 178 valence electrons. The van der Waals surface area contributed by atoms with Crippen LogP contribution >= 0.6 is 0 Å². The van der Waals surface area contributed by atoms with Crippen molar-refractivity contribution in [2.75, 3.05) is 0 Å². The predicted molar refractivity (Wildman–Crippen MR) is 128 cm³/mol. The van der Waals surface area contributed by atoms with Gasteiger partial charge in [-0.25, -0.2) is 4.79 Å². The molecule has 33 heavy (non-hydrogen) atoms. The van der Waals surface area contributed by atoms with E-state index >= 15 is 0 Å². The number of ether oxygens (including phenoxy) is 1. The summed E-state index contributed by atoms with van der Waals surface area (Å²) < 4.78 is 5.29. The Morgan fingerprint density at radius 1 is 0.879 bits per heavy atom. The van der Waals surface area contributed by atoms with E-state index in [1.165, 1.54) is 0 Å². The second kappa shape index (κ2) is 13.9. The lowest BCUT2D eigenvalue weighted by atomic mass is 10.0. The molecule has 7 nitrogen and oxygen atoms in total. The largest absolute Gasteiger partial charge is 0.445 e. The first-order valence-corrected chi connectivity index (χ1v) is 11.5. The third-order valence-corrected chi connectivity index (χ3v) is 5.09. The normalized spacial score (nSPS) is 12.5. The molecule has 0 radical (unpaired) electrons. The minimum absolute atomic E-state index is 0.0705. The zero-order chi connectivity index (χ0) is 24.1. The summed E-state index contributed by atoms with van der Waals surface area (Å²) in [4.78, 5) is 37.5. The number of hydrogen-bond donors (Lipinski definition) is 3. The summed E-state index contributed by atoms with van der Waals surface area (Å²) in [6.45, 7) is 6.45. The lowest BCUT2D eigenvalue weighted by Crippen LogP contribution is -2.48. The number of benzene rings is 2. The number of nitrogens with one attached hydrogen (secondary N) is 3. The van der Waals surface area contributed by atoms with Crippen LogP contribution in [0.4, 0.5) is 4.79 Å². The highest BCUT2D eigenvalue weighted by Gasteiger charge is 2.23. The van der Waals surface area contributed by atoms with E-state index in [1.807, 2.05) is 81.4 Å². The van der Waals surface area contributed by atoms with Crippen LogP contribution in [0.25, 0.3) is 0 Å². The van der Waals surface area contributed by atoms with Gasteiger partial charge in [0.1, 0.15) is 12.6 Å². The van der Waals surface area contributed by atoms with Crippen molar-refractivity contribution in [3.8, 4) is 0 Å². The molecule has 3 N–H and O–H groups in total. The van der Waals surface area contributed by atoms with Gasteiger partial charge < -0.3 is 20.7 Å². The van der Waals surface area contributed by atoms with Gasteiger partial charge in [-0.1, -0.05) is 81.4 Å². The van der Waals surface area contributed by atoms with E-state index in [9.17, 15) is 14.4 Å². The summed E-state index contributed by atoms with van der Waals surface area (Å²) in [6.07, 6.45) is 0.588. The SMILES string of the molecule is CCC(NC(=O)CC(CC(C)C)NC(=O)OCc1ccccc1)C(=O)NCc1ccccc1. The van der Waals surface area contributed by atoms with Crippen molar-refractivity contribution in [2.24, 2.45) is 5.92 Å². The Morgan fingerprint density at radius 2 is 1.48 bits per heavy atom. The quantitative estimate of drug-likeness (QED) is 0.454. The molecule has 0 saturated carbocycles. The third-order valence-electron chi connectivity index (χ3n) is 5.09. The summed E-state index contributed by atoms with van der Waals surface area (Å²) in [5, 5.41) is 8.45. The summed E-state index contributed by atoms with van der Waals surface area (Å²) in [6, 6.07) is 18.0. The molecule has 0 saturated heterocycles. The molecule has 0 aliphatic carbocycles. The van der Waals surface area contributed by atoms with Gasteiger partial charge in [0.15, 0.2) is 0 Å². The Morgan fingerprint density at radius 3 is 2.06 bits per heavy atom. The molecule has 0 heterocycles. The lowest BCUT2D eigenvalue weighted by molar-refractivity contribution is -0.129. The van der Waals surface area contributed by atoms with Gasteiger partial charge >= 0.3 is 6.09 Å². The zero-order valence-corrected chi connectivity index (χ0v) is 19.7. The second-order valence-electron chi connectivity index (χ2n) is 8.47. The van der Waals surface area contributed by atoms with E-state index in [-0.39, 0.29) is 30.8 Å². The summed E-state index contributed by atoms with van der Waals surface area (Å²) >= 11 is 0. The van der Waals surface area contributed by atoms with Gasteiger partial charge in [0.05, 0.1) is 0 Å². The van der Waals surface area contributed by atoms with Gasteiger partial charge in [0, 0.05) is 19.0 Å². The number of carbonyl (C=O) groups excluding carboxylic acids is 3. The fourth-order valence-electron chi connectivity index (χ4n) is 3.43. The number of amides is 3. The topological polar surface area (TPSA) is 96.5 Å². The van der Waals surface area contributed by atoms with Crippen molar-refractivity contribution in [1.82, 2.24) is 16.0 Å². The molecule has 0 fully saturated rings. The first kappa shape index (κ1) is 25.9. The van der Waals surface area contributed by atoms with Crippen molar-refractivity contribution >= 4 is 17.9 Å². The van der Waals surface area contributed by atoms with Gasteiger partial charge in [-0.2, -0.15) is 0 Å². The average molecular weight is 454 g/mol. The smallest absolute Gasteiger partial charge is 0.407 e. The number of rotatable bonds is 12. The monoisotopic (exact) mass is 453 g/mol. The molecule has 0 spiro atoms. The fourth-order valence-corrected chi connectivity index (χ4v) is 3.43. The molecule has 3 amide bonds. The molecular weight excluding hydrogens is 418 g/mol. The van der Waals surface area contributed by atoms with E-state index < -0.39 is 18.2 Å². The number of hydrogen-bond acceptors (Lipinski definition) is 4. The van der Waals surface area contributed by atoms with Crippen LogP contribution in [-0.4, -0.2) is 30.0 Å². The molecule has 2 atom stereocenters. The van der Waals surface area contributed by atoms with Crippen LogP contribution < -0.4 is 16.0 Å². The van der Waals surface area contributed by atoms with E-state index in [0.717, 1.165) is 11.1 Å². The maximum absolute atomic E-state index is 12.7. The molecule has 0 aliphatic rings. The molecule has 2 rings (SSSR count). The van der Waals surface area contributed by atoms with Crippen molar-refractivity contribution in [2.45, 2.75) is 65.3 Å². The summed E-state index contributed by atoms with van der Waals surface area (Å²) in [7, 11) is 0. The average Bonchev–Trinajstić information content (AvgIpc) is 2.80. The molecule has 7 heteroatoms. The van der Waals surface area contributed by atoms with Crippen LogP contribution in [-0.2, 0) is 27.5 Å². The Labute approximate surface area is 196 Å². The Bertz CT molecular complexity index is 872. The highest BCUT2D eigenvalue weighted by Crippen LogP contribution is 2.10. The second-order valence-corrected chi connectivity index (χ2v) is 8.47. The van der Waals surface area contributed by atoms with Crippen molar-refractivity contribution < 1.29 is 19.1 Å². The molecule has 0 aromatic heterocycles. The molecule has 0 bridgehead atoms. The predicted octanol–water partition coefficient (Wildman–Crippen LogP) is 3.93. The first-order chi connectivity index (χ1) is 15.9. The Hall–Kier alpha value is -3.35. The standard InChI is InChI=1S/C26H35N3O4/c1-4-23(25(31)27-17-20-11-7-5-8-12-20)29-24(30)16-22(15-19(2)3)28-26(32)33-18-21-13-9-6-10-14-21/h5-14,19,22-23H,4,15-18H2,1-3H3,(H,27,31)(H,28,32)(H,29,30). The van der Waals surface area contributed by atoms with Crippen molar-refractivity contribution in [1.29, 1.82) is 0 Å². The molecular formula is C26H35N3O4. The van der Waals surface area contributed by atoms with Crippen LogP contribution in [0.3, 0.4) is 0 Å². The Kier molecular flexibility index (Phi) is 10.9. The number of carbonyl (C=O) groups is 3. The van der Waals surface area contributed by atoms with Gasteiger partial charge in [0.25, 0.3) is 0 Å². The van der Waals surface area contributed by atoms with Crippen LogP contribution in [0.5, 0.6) is 0 Å². The van der Waals surface area contributed by atoms with E-state index in [0.29, 0.717) is 19.4 Å². The van der Waals surface area contributed by atoms with E-state index in [4.69, 9.17) is 4.74 Å². The summed E-state index contributed by atoms with van der Waals surface area (Å²) in [5.74, 6) is -0.246. The van der Waals surface area contributed by atoms with Crippen molar-refractivity contribution in [3.05, 3.63) is 71.8 Å². The molecule has 2 aromatic carbocycles. The third kappa shape index (κ3) is 10.2. The Balaban J connectivity index is 1.84. The van der Waals surface area contributed by atoms with E-state index in [1.54, 1.807) is 0 Å². The van der Waals surface area contributed by atoms with Crippen LogP contribution in [0.15, 0.2) is 60.7 Å². The molecule has 0 aliphatic heterocycles. The maximum atomic E-state index is 12.7.